The molecular formula is C20H22N4O3. The molecule has 0 saturated carbocycles. The lowest BCUT2D eigenvalue weighted by molar-refractivity contribution is 0.171. The van der Waals surface area contributed by atoms with Gasteiger partial charge in [0.2, 0.25) is 0 Å². The summed E-state index contributed by atoms with van der Waals surface area (Å²) < 4.78 is 18.7. The Balaban J connectivity index is 1.73. The topological polar surface area (TPSA) is 71.3 Å². The van der Waals surface area contributed by atoms with Crippen LogP contribution in [0.2, 0.25) is 0 Å². The van der Waals surface area contributed by atoms with Crippen molar-refractivity contribution in [2.45, 2.75) is 26.3 Å². The number of benzene rings is 1. The Bertz CT molecular complexity index is 954. The highest BCUT2D eigenvalue weighted by atomic mass is 16.6. The van der Waals surface area contributed by atoms with Gasteiger partial charge in [-0.05, 0) is 31.0 Å². The molecule has 3 aromatic rings. The molecule has 7 nitrogen and oxygen atoms in total. The molecule has 1 aliphatic heterocycles. The summed E-state index contributed by atoms with van der Waals surface area (Å²) in [5.41, 5.74) is 3.68. The van der Waals surface area contributed by atoms with Crippen molar-refractivity contribution in [3.8, 4) is 28.5 Å². The molecule has 1 atom stereocenters. The van der Waals surface area contributed by atoms with Crippen LogP contribution in [0.25, 0.3) is 11.3 Å². The Kier molecular flexibility index (Phi) is 4.66. The van der Waals surface area contributed by atoms with Gasteiger partial charge < -0.3 is 14.2 Å². The molecule has 0 saturated heterocycles. The van der Waals surface area contributed by atoms with Crippen LogP contribution in [0.4, 0.5) is 0 Å². The summed E-state index contributed by atoms with van der Waals surface area (Å²) in [7, 11) is 1.63. The second-order valence-electron chi connectivity index (χ2n) is 6.41. The van der Waals surface area contributed by atoms with Crippen molar-refractivity contribution >= 4 is 0 Å². The van der Waals surface area contributed by atoms with Crippen LogP contribution < -0.4 is 14.2 Å². The second-order valence-corrected chi connectivity index (χ2v) is 6.41. The van der Waals surface area contributed by atoms with Crippen molar-refractivity contribution in [3.63, 3.8) is 0 Å². The first kappa shape index (κ1) is 17.3. The van der Waals surface area contributed by atoms with Crippen molar-refractivity contribution < 1.29 is 14.2 Å². The minimum Gasteiger partial charge on any atom is -0.496 e. The van der Waals surface area contributed by atoms with E-state index in [2.05, 4.69) is 35.2 Å². The molecule has 27 heavy (non-hydrogen) atoms. The fourth-order valence-corrected chi connectivity index (χ4v) is 3.34. The summed E-state index contributed by atoms with van der Waals surface area (Å²) in [5, 5.41) is 8.74. The van der Waals surface area contributed by atoms with Crippen LogP contribution in [-0.4, -0.2) is 40.3 Å². The van der Waals surface area contributed by atoms with Crippen LogP contribution >= 0.6 is 0 Å². The van der Waals surface area contributed by atoms with Crippen molar-refractivity contribution in [2.75, 3.05) is 20.3 Å². The van der Waals surface area contributed by atoms with Gasteiger partial charge in [-0.25, -0.2) is 4.68 Å². The Morgan fingerprint density at radius 1 is 1.22 bits per heavy atom. The quantitative estimate of drug-likeness (QED) is 0.689. The molecule has 1 aromatic carbocycles. The largest absolute Gasteiger partial charge is 0.496 e. The number of nitrogens with zero attached hydrogens (tertiary/aromatic N) is 4. The fourth-order valence-electron chi connectivity index (χ4n) is 3.34. The number of pyridine rings is 1. The van der Waals surface area contributed by atoms with Gasteiger partial charge in [-0.1, -0.05) is 18.2 Å². The van der Waals surface area contributed by atoms with Crippen LogP contribution in [0, 0.1) is 6.92 Å². The molecule has 2 aromatic heterocycles. The standard InChI is InChI=1S/C20H22N4O3/c1-4-16(20-13(2)6-5-7-21-20)24-12-15(22-23-24)14-10-18-19(11-17(14)25-3)27-9-8-26-18/h5-7,10-12,16H,4,8-9H2,1-3H3/t16-/m1/s1. The lowest BCUT2D eigenvalue weighted by atomic mass is 10.1. The third-order valence-corrected chi connectivity index (χ3v) is 4.72. The molecule has 7 heteroatoms. The lowest BCUT2D eigenvalue weighted by Gasteiger charge is -2.20. The zero-order valence-corrected chi connectivity index (χ0v) is 15.7. The van der Waals surface area contributed by atoms with Gasteiger partial charge in [0.1, 0.15) is 24.7 Å². The van der Waals surface area contributed by atoms with E-state index in [1.165, 1.54) is 0 Å². The van der Waals surface area contributed by atoms with E-state index >= 15 is 0 Å². The summed E-state index contributed by atoms with van der Waals surface area (Å²) in [6, 6.07) is 7.76. The van der Waals surface area contributed by atoms with Crippen LogP contribution in [0.15, 0.2) is 36.7 Å². The zero-order chi connectivity index (χ0) is 18.8. The van der Waals surface area contributed by atoms with E-state index in [0.717, 1.165) is 28.9 Å². The first-order chi connectivity index (χ1) is 13.2. The maximum atomic E-state index is 5.70. The Morgan fingerprint density at radius 3 is 2.70 bits per heavy atom. The fraction of sp³-hybridized carbons (Fsp3) is 0.350. The van der Waals surface area contributed by atoms with Gasteiger partial charge >= 0.3 is 0 Å². The molecule has 0 N–H and O–H groups in total. The van der Waals surface area contributed by atoms with E-state index in [1.54, 1.807) is 7.11 Å². The van der Waals surface area contributed by atoms with E-state index in [4.69, 9.17) is 14.2 Å². The van der Waals surface area contributed by atoms with Crippen molar-refractivity contribution in [3.05, 3.63) is 47.9 Å². The third-order valence-electron chi connectivity index (χ3n) is 4.72. The summed E-state index contributed by atoms with van der Waals surface area (Å²) >= 11 is 0. The maximum Gasteiger partial charge on any atom is 0.165 e. The van der Waals surface area contributed by atoms with Crippen LogP contribution in [0.5, 0.6) is 17.2 Å². The van der Waals surface area contributed by atoms with E-state index in [1.807, 2.05) is 35.3 Å². The molecule has 0 spiro atoms. The zero-order valence-electron chi connectivity index (χ0n) is 15.7. The van der Waals surface area contributed by atoms with Gasteiger partial charge in [0, 0.05) is 17.8 Å². The first-order valence-electron chi connectivity index (χ1n) is 9.02. The van der Waals surface area contributed by atoms with Crippen molar-refractivity contribution in [1.29, 1.82) is 0 Å². The summed E-state index contributed by atoms with van der Waals surface area (Å²) in [4.78, 5) is 4.55. The Hall–Kier alpha value is -3.09. The predicted molar refractivity (Wildman–Crippen MR) is 100 cm³/mol. The van der Waals surface area contributed by atoms with Gasteiger partial charge in [-0.3, -0.25) is 4.98 Å². The summed E-state index contributed by atoms with van der Waals surface area (Å²) in [6.07, 6.45) is 4.60. The summed E-state index contributed by atoms with van der Waals surface area (Å²) in [6.45, 7) is 5.24. The van der Waals surface area contributed by atoms with Crippen molar-refractivity contribution in [2.24, 2.45) is 0 Å². The molecule has 0 bridgehead atoms. The predicted octanol–water partition coefficient (Wildman–Crippen LogP) is 3.43. The highest BCUT2D eigenvalue weighted by molar-refractivity contribution is 5.71. The minimum atomic E-state index is 0.0238. The molecule has 0 radical (unpaired) electrons. The van der Waals surface area contributed by atoms with E-state index in [9.17, 15) is 0 Å². The molecule has 0 amide bonds. The molecule has 4 rings (SSSR count). The third kappa shape index (κ3) is 3.20. The summed E-state index contributed by atoms with van der Waals surface area (Å²) in [5.74, 6) is 2.05. The molecule has 3 heterocycles. The second kappa shape index (κ2) is 7.26. The number of rotatable bonds is 5. The van der Waals surface area contributed by atoms with E-state index in [-0.39, 0.29) is 6.04 Å². The monoisotopic (exact) mass is 366 g/mol. The van der Waals surface area contributed by atoms with Crippen molar-refractivity contribution in [1.82, 2.24) is 20.0 Å². The highest BCUT2D eigenvalue weighted by Gasteiger charge is 2.21. The number of hydrogen-bond donors (Lipinski definition) is 0. The smallest absolute Gasteiger partial charge is 0.165 e. The van der Waals surface area contributed by atoms with E-state index in [0.29, 0.717) is 30.5 Å². The maximum absolute atomic E-state index is 5.70. The van der Waals surface area contributed by atoms with Gasteiger partial charge in [0.15, 0.2) is 11.5 Å². The van der Waals surface area contributed by atoms with Gasteiger partial charge in [-0.2, -0.15) is 0 Å². The SMILES string of the molecule is CC[C@H](c1ncccc1C)n1cc(-c2cc3c(cc2OC)OCCO3)nn1. The molecular weight excluding hydrogens is 344 g/mol. The van der Waals surface area contributed by atoms with E-state index < -0.39 is 0 Å². The Morgan fingerprint density at radius 2 is 2.00 bits per heavy atom. The number of ether oxygens (including phenoxy) is 3. The number of methoxy groups -OCH3 is 1. The van der Waals surface area contributed by atoms with Crippen LogP contribution in [-0.2, 0) is 0 Å². The number of aromatic nitrogens is 4. The molecule has 0 aliphatic carbocycles. The average Bonchev–Trinajstić information content (AvgIpc) is 3.18. The lowest BCUT2D eigenvalue weighted by Crippen LogP contribution is -2.15. The first-order valence-corrected chi connectivity index (χ1v) is 9.02. The van der Waals surface area contributed by atoms with Gasteiger partial charge in [0.25, 0.3) is 0 Å². The molecule has 140 valence electrons. The molecule has 0 unspecified atom stereocenters. The Labute approximate surface area is 157 Å². The average molecular weight is 366 g/mol. The van der Waals surface area contributed by atoms with Gasteiger partial charge in [-0.15, -0.1) is 5.10 Å². The number of hydrogen-bond acceptors (Lipinski definition) is 6. The molecule has 0 fully saturated rings. The van der Waals surface area contributed by atoms with Crippen LogP contribution in [0.1, 0.15) is 30.6 Å². The highest BCUT2D eigenvalue weighted by Crippen LogP contribution is 2.41. The number of aryl methyl sites for hydroxylation is 1. The normalized spacial score (nSPS) is 14.0. The van der Waals surface area contributed by atoms with Crippen LogP contribution in [0.3, 0.4) is 0 Å². The number of fused-ring (bicyclic) bond motifs is 1. The van der Waals surface area contributed by atoms with Gasteiger partial charge in [0.05, 0.1) is 25.0 Å². The minimum absolute atomic E-state index is 0.0238. The molecule has 1 aliphatic rings.